The van der Waals surface area contributed by atoms with Crippen molar-refractivity contribution in [3.05, 3.63) is 5.69 Å². The van der Waals surface area contributed by atoms with E-state index in [0.29, 0.717) is 16.5 Å². The number of rotatable bonds is 1. The van der Waals surface area contributed by atoms with Gasteiger partial charge in [0.25, 0.3) is 11.8 Å². The fourth-order valence-electron chi connectivity index (χ4n) is 0.984. The highest BCUT2D eigenvalue weighted by atomic mass is 32.1. The topological polar surface area (TPSA) is 104 Å². The van der Waals surface area contributed by atoms with Gasteiger partial charge in [0.2, 0.25) is 0 Å². The summed E-state index contributed by atoms with van der Waals surface area (Å²) in [5, 5.41) is 4.02. The number of anilines is 2. The van der Waals surface area contributed by atoms with Crippen LogP contribution in [0.1, 0.15) is 5.69 Å². The first-order valence-electron chi connectivity index (χ1n) is 3.50. The quantitative estimate of drug-likeness (QED) is 0.696. The number of aryl methyl sites for hydroxylation is 1. The molecule has 6 nitrogen and oxygen atoms in total. The highest BCUT2D eigenvalue weighted by Gasteiger charge is 2.16. The molecule has 0 radical (unpaired) electrons. The first-order chi connectivity index (χ1) is 6.18. The van der Waals surface area contributed by atoms with E-state index in [0.717, 1.165) is 5.69 Å². The molecule has 0 bridgehead atoms. The fourth-order valence-corrected chi connectivity index (χ4v) is 1.64. The summed E-state index contributed by atoms with van der Waals surface area (Å²) in [4.78, 5) is 3.86. The van der Waals surface area contributed by atoms with Crippen LogP contribution in [0.2, 0.25) is 0 Å². The minimum Gasteiger partial charge on any atom is -0.389 e. The number of hydrogen-bond acceptors (Lipinski definition) is 7. The van der Waals surface area contributed by atoms with Gasteiger partial charge in [0, 0.05) is 0 Å². The van der Waals surface area contributed by atoms with E-state index in [4.69, 9.17) is 16.0 Å². The van der Waals surface area contributed by atoms with Crippen molar-refractivity contribution in [1.29, 1.82) is 0 Å². The van der Waals surface area contributed by atoms with Gasteiger partial charge in [0.05, 0.1) is 11.3 Å². The van der Waals surface area contributed by atoms with Crippen LogP contribution in [0.15, 0.2) is 4.52 Å². The lowest BCUT2D eigenvalue weighted by molar-refractivity contribution is 0.433. The third-order valence-electron chi connectivity index (χ3n) is 1.54. The van der Waals surface area contributed by atoms with Crippen LogP contribution in [-0.4, -0.2) is 14.5 Å². The summed E-state index contributed by atoms with van der Waals surface area (Å²) < 4.78 is 8.92. The van der Waals surface area contributed by atoms with Crippen molar-refractivity contribution in [1.82, 2.24) is 14.5 Å². The molecule has 7 heteroatoms. The van der Waals surface area contributed by atoms with E-state index in [-0.39, 0.29) is 5.95 Å². The zero-order valence-electron chi connectivity index (χ0n) is 6.81. The van der Waals surface area contributed by atoms with Crippen LogP contribution in [0.3, 0.4) is 0 Å². The van der Waals surface area contributed by atoms with Crippen LogP contribution in [0, 0.1) is 6.92 Å². The number of hydrogen-bond donors (Lipinski definition) is 2. The summed E-state index contributed by atoms with van der Waals surface area (Å²) in [6, 6.07) is 0. The minimum absolute atomic E-state index is 0.0972. The molecule has 68 valence electrons. The van der Waals surface area contributed by atoms with Crippen molar-refractivity contribution in [2.75, 3.05) is 11.5 Å². The zero-order chi connectivity index (χ0) is 9.42. The predicted octanol–water partition coefficient (Wildman–Crippen LogP) is 0.666. The Morgan fingerprint density at radius 1 is 1.38 bits per heavy atom. The average molecular weight is 197 g/mol. The molecular formula is C6H7N5OS. The summed E-state index contributed by atoms with van der Waals surface area (Å²) in [7, 11) is 0. The second-order valence-corrected chi connectivity index (χ2v) is 3.27. The fraction of sp³-hybridized carbons (Fsp3) is 0.167. The summed E-state index contributed by atoms with van der Waals surface area (Å²) in [6.07, 6.45) is 0. The van der Waals surface area contributed by atoms with E-state index in [9.17, 15) is 0 Å². The van der Waals surface area contributed by atoms with Gasteiger partial charge in [-0.05, 0) is 23.6 Å². The lowest BCUT2D eigenvalue weighted by atomic mass is 10.2. The molecule has 2 heterocycles. The molecule has 4 N–H and O–H groups in total. The van der Waals surface area contributed by atoms with Crippen molar-refractivity contribution in [2.45, 2.75) is 6.92 Å². The lowest BCUT2D eigenvalue weighted by Crippen LogP contribution is -1.88. The third-order valence-corrected chi connectivity index (χ3v) is 2.31. The van der Waals surface area contributed by atoms with Gasteiger partial charge in [-0.1, -0.05) is 0 Å². The Morgan fingerprint density at radius 2 is 2.15 bits per heavy atom. The second kappa shape index (κ2) is 2.70. The van der Waals surface area contributed by atoms with Gasteiger partial charge in [-0.3, -0.25) is 0 Å². The van der Waals surface area contributed by atoms with Gasteiger partial charge >= 0.3 is 0 Å². The summed E-state index contributed by atoms with van der Waals surface area (Å²) in [6.45, 7) is 1.82. The normalized spacial score (nSPS) is 10.5. The Bertz CT molecular complexity index is 414. The molecule has 2 aromatic heterocycles. The Morgan fingerprint density at radius 3 is 2.62 bits per heavy atom. The number of aromatic nitrogens is 3. The molecule has 2 rings (SSSR count). The first kappa shape index (κ1) is 7.99. The summed E-state index contributed by atoms with van der Waals surface area (Å²) >= 11 is 1.19. The minimum atomic E-state index is 0.0972. The molecule has 0 saturated carbocycles. The van der Waals surface area contributed by atoms with Gasteiger partial charge in [-0.25, -0.2) is 0 Å². The van der Waals surface area contributed by atoms with Crippen molar-refractivity contribution in [3.63, 3.8) is 0 Å². The van der Waals surface area contributed by atoms with Gasteiger partial charge in [-0.2, -0.15) is 9.36 Å². The molecule has 0 atom stereocenters. The van der Waals surface area contributed by atoms with Gasteiger partial charge in [0.1, 0.15) is 5.00 Å². The zero-order valence-corrected chi connectivity index (χ0v) is 7.63. The highest BCUT2D eigenvalue weighted by molar-refractivity contribution is 7.10. The van der Waals surface area contributed by atoms with E-state index in [2.05, 4.69) is 14.5 Å². The van der Waals surface area contributed by atoms with Crippen LogP contribution in [0.5, 0.6) is 0 Å². The Labute approximate surface area is 77.7 Å². The molecule has 0 unspecified atom stereocenters. The number of nitrogens with zero attached hydrogens (tertiary/aromatic N) is 3. The molecule has 0 aliphatic rings. The van der Waals surface area contributed by atoms with Gasteiger partial charge < -0.3 is 16.0 Å². The van der Waals surface area contributed by atoms with E-state index in [1.54, 1.807) is 0 Å². The van der Waals surface area contributed by atoms with Crippen molar-refractivity contribution < 1.29 is 4.52 Å². The van der Waals surface area contributed by atoms with E-state index in [1.165, 1.54) is 11.5 Å². The molecule has 2 aromatic rings. The van der Waals surface area contributed by atoms with E-state index >= 15 is 0 Å². The van der Waals surface area contributed by atoms with Gasteiger partial charge in [0.15, 0.2) is 0 Å². The summed E-state index contributed by atoms with van der Waals surface area (Å²) in [5.74, 6) is 0.418. The second-order valence-electron chi connectivity index (χ2n) is 2.46. The molecular weight excluding hydrogens is 190 g/mol. The molecule has 0 aliphatic heterocycles. The van der Waals surface area contributed by atoms with Crippen molar-refractivity contribution in [3.8, 4) is 11.5 Å². The van der Waals surface area contributed by atoms with Crippen LogP contribution < -0.4 is 11.5 Å². The number of nitrogens with two attached hydrogens (primary N) is 2. The molecule has 13 heavy (non-hydrogen) atoms. The van der Waals surface area contributed by atoms with Gasteiger partial charge in [-0.15, -0.1) is 0 Å². The van der Waals surface area contributed by atoms with E-state index in [1.807, 2.05) is 6.92 Å². The predicted molar refractivity (Wildman–Crippen MR) is 49.0 cm³/mol. The average Bonchev–Trinajstić information content (AvgIpc) is 2.60. The maximum Gasteiger partial charge on any atom is 0.264 e. The Balaban J connectivity index is 2.57. The molecule has 0 amide bonds. The maximum atomic E-state index is 5.67. The largest absolute Gasteiger partial charge is 0.389 e. The molecule has 0 saturated heterocycles. The SMILES string of the molecule is Cc1nsc(N)c1-c1nc(N)no1. The monoisotopic (exact) mass is 197 g/mol. The standard InChI is InChI=1S/C6H7N5OS/c1-2-3(4(7)13-11-2)5-9-6(8)10-12-5/h7H2,1H3,(H2,8,10). The molecule has 0 fully saturated rings. The third kappa shape index (κ3) is 1.22. The first-order valence-corrected chi connectivity index (χ1v) is 4.27. The Hall–Kier alpha value is -1.63. The molecule has 0 aliphatic carbocycles. The summed E-state index contributed by atoms with van der Waals surface area (Å²) in [5.41, 5.74) is 12.4. The maximum absolute atomic E-state index is 5.67. The highest BCUT2D eigenvalue weighted by Crippen LogP contribution is 2.30. The Kier molecular flexibility index (Phi) is 1.66. The molecule has 0 aromatic carbocycles. The van der Waals surface area contributed by atoms with E-state index < -0.39 is 0 Å². The van der Waals surface area contributed by atoms with Crippen LogP contribution in [0.4, 0.5) is 10.9 Å². The van der Waals surface area contributed by atoms with Crippen molar-refractivity contribution in [2.24, 2.45) is 0 Å². The van der Waals surface area contributed by atoms with Crippen molar-refractivity contribution >= 4 is 22.5 Å². The smallest absolute Gasteiger partial charge is 0.264 e. The van der Waals surface area contributed by atoms with Crippen LogP contribution in [0.25, 0.3) is 11.5 Å². The lowest BCUT2D eigenvalue weighted by Gasteiger charge is -1.90. The van der Waals surface area contributed by atoms with Crippen LogP contribution >= 0.6 is 11.5 Å². The molecule has 0 spiro atoms. The van der Waals surface area contributed by atoms with Crippen LogP contribution in [-0.2, 0) is 0 Å². The number of nitrogen functional groups attached to an aromatic ring is 2.